The summed E-state index contributed by atoms with van der Waals surface area (Å²) < 4.78 is 10.5. The van der Waals surface area contributed by atoms with Gasteiger partial charge >= 0.3 is 6.09 Å². The van der Waals surface area contributed by atoms with Gasteiger partial charge in [-0.15, -0.1) is 0 Å². The van der Waals surface area contributed by atoms with Crippen LogP contribution < -0.4 is 16.0 Å². The number of rotatable bonds is 10. The van der Waals surface area contributed by atoms with E-state index in [1.165, 1.54) is 4.90 Å². The fourth-order valence-electron chi connectivity index (χ4n) is 1.65. The number of aliphatic imine (C=N–C) groups is 1. The number of nitrogens with zero attached hydrogens (tertiary/aromatic N) is 2. The third-order valence-corrected chi connectivity index (χ3v) is 2.92. The van der Waals surface area contributed by atoms with Gasteiger partial charge in [0.1, 0.15) is 12.1 Å². The van der Waals surface area contributed by atoms with Crippen LogP contribution in [0.5, 0.6) is 0 Å². The Bertz CT molecular complexity index is 447. The SMILES string of the molecule is CCOCCCNC(=NCC(=O)N(C)C)NCCNC(=O)OC(C)(C)C. The van der Waals surface area contributed by atoms with Gasteiger partial charge in [0, 0.05) is 46.9 Å². The molecule has 0 radical (unpaired) electrons. The molecule has 0 aromatic rings. The maximum absolute atomic E-state index is 11.7. The summed E-state index contributed by atoms with van der Waals surface area (Å²) in [5.74, 6) is 0.426. The number of carbonyl (C=O) groups excluding carboxylic acids is 2. The van der Waals surface area contributed by atoms with Gasteiger partial charge in [-0.2, -0.15) is 0 Å². The minimum Gasteiger partial charge on any atom is -0.444 e. The Kier molecular flexibility index (Phi) is 12.2. The van der Waals surface area contributed by atoms with Crippen molar-refractivity contribution >= 4 is 18.0 Å². The highest BCUT2D eigenvalue weighted by atomic mass is 16.6. The van der Waals surface area contributed by atoms with Crippen LogP contribution in [0.3, 0.4) is 0 Å². The Morgan fingerprint density at radius 3 is 2.23 bits per heavy atom. The molecule has 0 saturated carbocycles. The zero-order chi connectivity index (χ0) is 20.0. The lowest BCUT2D eigenvalue weighted by Gasteiger charge is -2.20. The molecule has 0 rings (SSSR count). The van der Waals surface area contributed by atoms with Gasteiger partial charge in [-0.3, -0.25) is 4.79 Å². The normalized spacial score (nSPS) is 11.7. The van der Waals surface area contributed by atoms with Gasteiger partial charge < -0.3 is 30.3 Å². The number of hydrogen-bond acceptors (Lipinski definition) is 5. The topological polar surface area (TPSA) is 104 Å². The van der Waals surface area contributed by atoms with E-state index in [-0.39, 0.29) is 12.5 Å². The molecule has 0 spiro atoms. The first-order chi connectivity index (χ1) is 12.2. The van der Waals surface area contributed by atoms with E-state index in [9.17, 15) is 9.59 Å². The number of alkyl carbamates (subject to hydrolysis) is 1. The van der Waals surface area contributed by atoms with Crippen LogP contribution in [0.4, 0.5) is 4.79 Å². The van der Waals surface area contributed by atoms with E-state index < -0.39 is 11.7 Å². The van der Waals surface area contributed by atoms with Gasteiger partial charge in [-0.25, -0.2) is 9.79 Å². The molecule has 0 fully saturated rings. The van der Waals surface area contributed by atoms with Crippen molar-refractivity contribution in [2.45, 2.75) is 39.7 Å². The average molecular weight is 373 g/mol. The standard InChI is InChI=1S/C17H35N5O4/c1-7-25-12-8-9-18-15(21-13-14(23)22(5)6)19-10-11-20-16(24)26-17(2,3)4/h7-13H2,1-6H3,(H,20,24)(H2,18,19,21). The smallest absolute Gasteiger partial charge is 0.407 e. The second-order valence-corrected chi connectivity index (χ2v) is 6.79. The second kappa shape index (κ2) is 13.2. The van der Waals surface area contributed by atoms with E-state index in [4.69, 9.17) is 9.47 Å². The van der Waals surface area contributed by atoms with E-state index >= 15 is 0 Å². The number of carbonyl (C=O) groups is 2. The highest BCUT2D eigenvalue weighted by Gasteiger charge is 2.15. The summed E-state index contributed by atoms with van der Waals surface area (Å²) >= 11 is 0. The maximum atomic E-state index is 11.7. The van der Waals surface area contributed by atoms with E-state index in [0.717, 1.165) is 6.42 Å². The molecule has 0 aliphatic rings. The first kappa shape index (κ1) is 24.0. The fourth-order valence-corrected chi connectivity index (χ4v) is 1.65. The van der Waals surface area contributed by atoms with Crippen molar-refractivity contribution < 1.29 is 19.1 Å². The molecule has 0 heterocycles. The summed E-state index contributed by atoms with van der Waals surface area (Å²) in [5.41, 5.74) is -0.529. The van der Waals surface area contributed by atoms with Crippen LogP contribution in [0.25, 0.3) is 0 Å². The van der Waals surface area contributed by atoms with Crippen LogP contribution in [-0.4, -0.2) is 81.9 Å². The quantitative estimate of drug-likeness (QED) is 0.294. The largest absolute Gasteiger partial charge is 0.444 e. The van der Waals surface area contributed by atoms with Crippen molar-refractivity contribution in [3.05, 3.63) is 0 Å². The highest BCUT2D eigenvalue weighted by Crippen LogP contribution is 2.05. The molecule has 0 atom stereocenters. The van der Waals surface area contributed by atoms with Crippen LogP contribution in [-0.2, 0) is 14.3 Å². The number of likely N-dealkylation sites (N-methyl/N-ethyl adjacent to an activating group) is 1. The third-order valence-electron chi connectivity index (χ3n) is 2.92. The Labute approximate surface area is 156 Å². The van der Waals surface area contributed by atoms with E-state index in [1.807, 2.05) is 27.7 Å². The van der Waals surface area contributed by atoms with Crippen LogP contribution in [0.15, 0.2) is 4.99 Å². The van der Waals surface area contributed by atoms with Gasteiger partial charge in [0.25, 0.3) is 0 Å². The third kappa shape index (κ3) is 14.3. The lowest BCUT2D eigenvalue weighted by molar-refractivity contribution is -0.127. The molecule has 0 aromatic heterocycles. The molecule has 0 aromatic carbocycles. The molecule has 152 valence electrons. The number of amides is 2. The Morgan fingerprint density at radius 1 is 1.04 bits per heavy atom. The van der Waals surface area contributed by atoms with Gasteiger partial charge in [0.2, 0.25) is 5.91 Å². The van der Waals surface area contributed by atoms with Crippen molar-refractivity contribution in [2.24, 2.45) is 4.99 Å². The molecule has 0 aliphatic carbocycles. The zero-order valence-electron chi connectivity index (χ0n) is 17.0. The average Bonchev–Trinajstić information content (AvgIpc) is 2.53. The molecule has 3 N–H and O–H groups in total. The van der Waals surface area contributed by atoms with Gasteiger partial charge in [-0.1, -0.05) is 0 Å². The maximum Gasteiger partial charge on any atom is 0.407 e. The Hall–Kier alpha value is -2.03. The minimum absolute atomic E-state index is 0.0489. The molecule has 26 heavy (non-hydrogen) atoms. The molecule has 9 heteroatoms. The van der Waals surface area contributed by atoms with Crippen molar-refractivity contribution in [1.82, 2.24) is 20.9 Å². The van der Waals surface area contributed by atoms with Crippen molar-refractivity contribution in [3.8, 4) is 0 Å². The van der Waals surface area contributed by atoms with Gasteiger partial charge in [0.05, 0.1) is 0 Å². The fraction of sp³-hybridized carbons (Fsp3) is 0.824. The van der Waals surface area contributed by atoms with E-state index in [2.05, 4.69) is 20.9 Å². The molecule has 0 unspecified atom stereocenters. The highest BCUT2D eigenvalue weighted by molar-refractivity contribution is 5.84. The molecule has 2 amide bonds. The predicted octanol–water partition coefficient (Wildman–Crippen LogP) is 0.561. The number of nitrogens with one attached hydrogen (secondary N) is 3. The Balaban J connectivity index is 4.31. The molecule has 0 bridgehead atoms. The summed E-state index contributed by atoms with van der Waals surface area (Å²) in [4.78, 5) is 29.0. The van der Waals surface area contributed by atoms with E-state index in [1.54, 1.807) is 14.1 Å². The van der Waals surface area contributed by atoms with Crippen LogP contribution in [0.2, 0.25) is 0 Å². The molecular weight excluding hydrogens is 338 g/mol. The summed E-state index contributed by atoms with van der Waals surface area (Å²) in [6, 6.07) is 0. The van der Waals surface area contributed by atoms with Crippen LogP contribution >= 0.6 is 0 Å². The summed E-state index contributed by atoms with van der Waals surface area (Å²) in [7, 11) is 3.37. The summed E-state index contributed by atoms with van der Waals surface area (Å²) in [6.45, 7) is 10.3. The van der Waals surface area contributed by atoms with Crippen molar-refractivity contribution in [3.63, 3.8) is 0 Å². The monoisotopic (exact) mass is 373 g/mol. The summed E-state index contributed by atoms with van der Waals surface area (Å²) in [6.07, 6.45) is 0.358. The number of ether oxygens (including phenoxy) is 2. The summed E-state index contributed by atoms with van der Waals surface area (Å²) in [5, 5.41) is 8.88. The number of guanidine groups is 1. The molecule has 9 nitrogen and oxygen atoms in total. The lowest BCUT2D eigenvalue weighted by atomic mass is 10.2. The minimum atomic E-state index is -0.529. The molecular formula is C17H35N5O4. The second-order valence-electron chi connectivity index (χ2n) is 6.79. The van der Waals surface area contributed by atoms with Gasteiger partial charge in [0.15, 0.2) is 5.96 Å². The first-order valence-electron chi connectivity index (χ1n) is 8.92. The molecule has 0 aliphatic heterocycles. The predicted molar refractivity (Wildman–Crippen MR) is 102 cm³/mol. The van der Waals surface area contributed by atoms with Gasteiger partial charge in [-0.05, 0) is 34.1 Å². The van der Waals surface area contributed by atoms with Crippen LogP contribution in [0, 0.1) is 0 Å². The zero-order valence-corrected chi connectivity index (χ0v) is 17.0. The molecule has 0 saturated heterocycles. The van der Waals surface area contributed by atoms with Crippen LogP contribution in [0.1, 0.15) is 34.1 Å². The number of hydrogen-bond donors (Lipinski definition) is 3. The van der Waals surface area contributed by atoms with Crippen molar-refractivity contribution in [2.75, 3.05) is 53.5 Å². The Morgan fingerprint density at radius 2 is 1.65 bits per heavy atom. The van der Waals surface area contributed by atoms with Crippen molar-refractivity contribution in [1.29, 1.82) is 0 Å². The van der Waals surface area contributed by atoms with E-state index in [0.29, 0.717) is 38.8 Å². The first-order valence-corrected chi connectivity index (χ1v) is 8.92. The lowest BCUT2D eigenvalue weighted by Crippen LogP contribution is -2.43.